The molecule has 1 amide bonds. The summed E-state index contributed by atoms with van der Waals surface area (Å²) in [5.41, 5.74) is 4.50. The average Bonchev–Trinajstić information content (AvgIpc) is 3.28. The van der Waals surface area contributed by atoms with Crippen LogP contribution in [0.5, 0.6) is 11.5 Å². The van der Waals surface area contributed by atoms with Crippen molar-refractivity contribution in [3.05, 3.63) is 71.8 Å². The predicted molar refractivity (Wildman–Crippen MR) is 141 cm³/mol. The van der Waals surface area contributed by atoms with Crippen LogP contribution in [0.15, 0.2) is 65.1 Å². The smallest absolute Gasteiger partial charge is 0.257 e. The van der Waals surface area contributed by atoms with Crippen molar-refractivity contribution < 1.29 is 18.7 Å². The summed E-state index contributed by atoms with van der Waals surface area (Å²) in [6.45, 7) is 6.74. The number of benzene rings is 3. The van der Waals surface area contributed by atoms with Crippen LogP contribution < -0.4 is 20.1 Å². The number of nitrogens with one attached hydrogen (secondary N) is 2. The summed E-state index contributed by atoms with van der Waals surface area (Å²) in [6, 6.07) is 18.4. The maximum Gasteiger partial charge on any atom is 0.257 e. The number of thiocarbonyl (C=S) groups is 1. The van der Waals surface area contributed by atoms with Gasteiger partial charge in [-0.2, -0.15) is 0 Å². The number of rotatable bonds is 7. The van der Waals surface area contributed by atoms with Crippen LogP contribution in [0.4, 0.5) is 5.69 Å². The standard InChI is InChI=1S/C27H27N3O4S/c1-5-33-20-10-6-17(7-11-20)25(31)30-27(35)29-21-15-19(9-12-23(21)32-4)26-28-22-14-18(16(2)3)8-13-24(22)34-26/h6-16H,5H2,1-4H3,(H2,29,30,31,35). The van der Waals surface area contributed by atoms with Crippen molar-refractivity contribution in [1.29, 1.82) is 0 Å². The molecule has 3 aromatic carbocycles. The Morgan fingerprint density at radius 2 is 1.86 bits per heavy atom. The number of anilines is 1. The van der Waals surface area contributed by atoms with E-state index in [0.717, 1.165) is 11.1 Å². The molecule has 0 spiro atoms. The van der Waals surface area contributed by atoms with Crippen molar-refractivity contribution in [3.63, 3.8) is 0 Å². The number of oxazole rings is 1. The van der Waals surface area contributed by atoms with Crippen LogP contribution in [0.25, 0.3) is 22.6 Å². The Balaban J connectivity index is 1.52. The number of ether oxygens (including phenoxy) is 2. The van der Waals surface area contributed by atoms with Gasteiger partial charge in [-0.1, -0.05) is 19.9 Å². The highest BCUT2D eigenvalue weighted by Gasteiger charge is 2.15. The quantitative estimate of drug-likeness (QED) is 0.301. The molecule has 8 heteroatoms. The minimum atomic E-state index is -0.333. The maximum absolute atomic E-state index is 12.6. The van der Waals surface area contributed by atoms with E-state index in [1.807, 2.05) is 31.2 Å². The number of hydrogen-bond donors (Lipinski definition) is 2. The highest BCUT2D eigenvalue weighted by Crippen LogP contribution is 2.32. The van der Waals surface area contributed by atoms with E-state index in [9.17, 15) is 4.79 Å². The molecular weight excluding hydrogens is 462 g/mol. The van der Waals surface area contributed by atoms with Crippen molar-refractivity contribution in [2.45, 2.75) is 26.7 Å². The van der Waals surface area contributed by atoms with Gasteiger partial charge in [0.2, 0.25) is 5.89 Å². The molecule has 7 nitrogen and oxygen atoms in total. The van der Waals surface area contributed by atoms with Gasteiger partial charge in [-0.15, -0.1) is 0 Å². The number of fused-ring (bicyclic) bond motifs is 1. The van der Waals surface area contributed by atoms with E-state index in [-0.39, 0.29) is 11.0 Å². The number of aromatic nitrogens is 1. The second-order valence-electron chi connectivity index (χ2n) is 8.18. The molecule has 4 rings (SSSR count). The van der Waals surface area contributed by atoms with Crippen LogP contribution in [0.2, 0.25) is 0 Å². The lowest BCUT2D eigenvalue weighted by Gasteiger charge is -2.14. The molecule has 0 fully saturated rings. The summed E-state index contributed by atoms with van der Waals surface area (Å²) < 4.78 is 16.9. The Labute approximate surface area is 209 Å². The Morgan fingerprint density at radius 1 is 1.09 bits per heavy atom. The molecule has 1 heterocycles. The SMILES string of the molecule is CCOc1ccc(C(=O)NC(=S)Nc2cc(-c3nc4cc(C(C)C)ccc4o3)ccc2OC)cc1. The molecule has 1 aromatic heterocycles. The molecule has 0 aliphatic carbocycles. The highest BCUT2D eigenvalue weighted by atomic mass is 32.1. The van der Waals surface area contributed by atoms with E-state index in [0.29, 0.717) is 46.7 Å². The van der Waals surface area contributed by atoms with Gasteiger partial charge in [-0.25, -0.2) is 4.98 Å². The molecule has 4 aromatic rings. The molecular formula is C27H27N3O4S. The van der Waals surface area contributed by atoms with Gasteiger partial charge >= 0.3 is 0 Å². The zero-order valence-corrected chi connectivity index (χ0v) is 20.9. The number of nitrogens with zero attached hydrogens (tertiary/aromatic N) is 1. The summed E-state index contributed by atoms with van der Waals surface area (Å²) in [4.78, 5) is 17.3. The van der Waals surface area contributed by atoms with E-state index in [4.69, 9.17) is 26.1 Å². The molecule has 35 heavy (non-hydrogen) atoms. The van der Waals surface area contributed by atoms with Gasteiger partial charge in [-0.3, -0.25) is 10.1 Å². The highest BCUT2D eigenvalue weighted by molar-refractivity contribution is 7.80. The lowest BCUT2D eigenvalue weighted by Crippen LogP contribution is -2.34. The van der Waals surface area contributed by atoms with Gasteiger partial charge in [0.25, 0.3) is 5.91 Å². The van der Waals surface area contributed by atoms with Gasteiger partial charge in [-0.05, 0) is 85.2 Å². The van der Waals surface area contributed by atoms with Crippen molar-refractivity contribution in [1.82, 2.24) is 10.3 Å². The third kappa shape index (κ3) is 5.60. The molecule has 0 saturated heterocycles. The molecule has 0 aliphatic heterocycles. The van der Waals surface area contributed by atoms with Gasteiger partial charge < -0.3 is 19.2 Å². The second kappa shape index (κ2) is 10.6. The number of carbonyl (C=O) groups excluding carboxylic acids is 1. The van der Waals surface area contributed by atoms with Crippen molar-refractivity contribution >= 4 is 40.0 Å². The first-order valence-corrected chi connectivity index (χ1v) is 11.7. The molecule has 2 N–H and O–H groups in total. The van der Waals surface area contributed by atoms with Crippen molar-refractivity contribution in [2.24, 2.45) is 0 Å². The molecule has 0 unspecified atom stereocenters. The fraction of sp³-hybridized carbons (Fsp3) is 0.222. The Hall–Kier alpha value is -3.91. The van der Waals surface area contributed by atoms with E-state index in [1.165, 1.54) is 5.56 Å². The van der Waals surface area contributed by atoms with E-state index < -0.39 is 0 Å². The van der Waals surface area contributed by atoms with Crippen LogP contribution in [-0.4, -0.2) is 29.7 Å². The molecule has 0 radical (unpaired) electrons. The van der Waals surface area contributed by atoms with Gasteiger partial charge in [0.05, 0.1) is 19.4 Å². The molecule has 0 bridgehead atoms. The first-order chi connectivity index (χ1) is 16.9. The molecule has 0 saturated carbocycles. The maximum atomic E-state index is 12.6. The van der Waals surface area contributed by atoms with E-state index in [2.05, 4.69) is 35.5 Å². The Kier molecular flexibility index (Phi) is 7.31. The van der Waals surface area contributed by atoms with Crippen LogP contribution in [0.1, 0.15) is 42.6 Å². The summed E-state index contributed by atoms with van der Waals surface area (Å²) >= 11 is 5.38. The molecule has 0 aliphatic rings. The third-order valence-electron chi connectivity index (χ3n) is 5.43. The normalized spacial score (nSPS) is 10.9. The summed E-state index contributed by atoms with van der Waals surface area (Å²) in [7, 11) is 1.56. The minimum absolute atomic E-state index is 0.137. The van der Waals surface area contributed by atoms with Crippen LogP contribution >= 0.6 is 12.2 Å². The topological polar surface area (TPSA) is 85.6 Å². The summed E-state index contributed by atoms with van der Waals surface area (Å²) in [6.07, 6.45) is 0. The number of carbonyl (C=O) groups is 1. The first kappa shape index (κ1) is 24.2. The third-order valence-corrected chi connectivity index (χ3v) is 5.63. The van der Waals surface area contributed by atoms with Gasteiger partial charge in [0.1, 0.15) is 17.0 Å². The fourth-order valence-corrected chi connectivity index (χ4v) is 3.77. The fourth-order valence-electron chi connectivity index (χ4n) is 3.56. The summed E-state index contributed by atoms with van der Waals surface area (Å²) in [5.74, 6) is 1.81. The van der Waals surface area contributed by atoms with Crippen molar-refractivity contribution in [3.8, 4) is 23.0 Å². The number of amides is 1. The number of hydrogen-bond acceptors (Lipinski definition) is 6. The average molecular weight is 490 g/mol. The van der Waals surface area contributed by atoms with Gasteiger partial charge in [0, 0.05) is 11.1 Å². The zero-order valence-electron chi connectivity index (χ0n) is 20.0. The monoisotopic (exact) mass is 489 g/mol. The zero-order chi connectivity index (χ0) is 24.9. The lowest BCUT2D eigenvalue weighted by molar-refractivity contribution is 0.0977. The molecule has 180 valence electrons. The van der Waals surface area contributed by atoms with Crippen molar-refractivity contribution in [2.75, 3.05) is 19.0 Å². The first-order valence-electron chi connectivity index (χ1n) is 11.3. The van der Waals surface area contributed by atoms with Gasteiger partial charge in [0.15, 0.2) is 10.7 Å². The second-order valence-corrected chi connectivity index (χ2v) is 8.59. The lowest BCUT2D eigenvalue weighted by atomic mass is 10.0. The van der Waals surface area contributed by atoms with Crippen LogP contribution in [0, 0.1) is 0 Å². The van der Waals surface area contributed by atoms with Crippen LogP contribution in [-0.2, 0) is 0 Å². The summed E-state index contributed by atoms with van der Waals surface area (Å²) in [5, 5.41) is 5.87. The molecule has 0 atom stereocenters. The minimum Gasteiger partial charge on any atom is -0.495 e. The van der Waals surface area contributed by atoms with E-state index in [1.54, 1.807) is 37.4 Å². The Morgan fingerprint density at radius 3 is 2.54 bits per heavy atom. The number of methoxy groups -OCH3 is 1. The largest absolute Gasteiger partial charge is 0.495 e. The van der Waals surface area contributed by atoms with Crippen LogP contribution in [0.3, 0.4) is 0 Å². The van der Waals surface area contributed by atoms with E-state index >= 15 is 0 Å². The predicted octanol–water partition coefficient (Wildman–Crippen LogP) is 6.15. The Bertz CT molecular complexity index is 1360.